The van der Waals surface area contributed by atoms with Crippen LogP contribution in [-0.2, 0) is 17.7 Å². The number of aromatic nitrogens is 2. The summed E-state index contributed by atoms with van der Waals surface area (Å²) in [6, 6.07) is 21.0. The van der Waals surface area contributed by atoms with Crippen LogP contribution < -0.4 is 5.56 Å². The Hall–Kier alpha value is -4.19. The summed E-state index contributed by atoms with van der Waals surface area (Å²) in [5, 5.41) is 11.1. The molecule has 32 heavy (non-hydrogen) atoms. The van der Waals surface area contributed by atoms with Gasteiger partial charge in [-0.3, -0.25) is 4.79 Å². The van der Waals surface area contributed by atoms with Gasteiger partial charge < -0.3 is 14.4 Å². The third-order valence-electron chi connectivity index (χ3n) is 5.25. The van der Waals surface area contributed by atoms with Crippen molar-refractivity contribution in [3.05, 3.63) is 106 Å². The Morgan fingerprint density at radius 1 is 1.06 bits per heavy atom. The van der Waals surface area contributed by atoms with Gasteiger partial charge in [0.25, 0.3) is 5.56 Å². The fourth-order valence-electron chi connectivity index (χ4n) is 3.57. The van der Waals surface area contributed by atoms with E-state index < -0.39 is 5.97 Å². The second-order valence-corrected chi connectivity index (χ2v) is 7.28. The highest BCUT2D eigenvalue weighted by atomic mass is 16.5. The maximum absolute atomic E-state index is 13.3. The van der Waals surface area contributed by atoms with E-state index in [2.05, 4.69) is 4.98 Å². The Kier molecular flexibility index (Phi) is 6.12. The fourth-order valence-corrected chi connectivity index (χ4v) is 3.57. The van der Waals surface area contributed by atoms with Crippen molar-refractivity contribution < 1.29 is 14.6 Å². The van der Waals surface area contributed by atoms with Crippen LogP contribution in [0.25, 0.3) is 23.1 Å². The maximum atomic E-state index is 13.3. The third-order valence-corrected chi connectivity index (χ3v) is 5.25. The molecule has 0 saturated carbocycles. The molecule has 0 aliphatic carbocycles. The minimum absolute atomic E-state index is 0.189. The topological polar surface area (TPSA) is 81.4 Å². The Bertz CT molecular complexity index is 1340. The summed E-state index contributed by atoms with van der Waals surface area (Å²) >= 11 is 0. The lowest BCUT2D eigenvalue weighted by atomic mass is 10.1. The number of fused-ring (bicyclic) bond motifs is 1. The van der Waals surface area contributed by atoms with Crippen LogP contribution >= 0.6 is 0 Å². The van der Waals surface area contributed by atoms with Gasteiger partial charge in [0.1, 0.15) is 0 Å². The quantitative estimate of drug-likeness (QED) is 0.465. The van der Waals surface area contributed by atoms with Crippen molar-refractivity contribution in [2.45, 2.75) is 13.0 Å². The van der Waals surface area contributed by atoms with Crippen LogP contribution in [0.4, 0.5) is 0 Å². The van der Waals surface area contributed by atoms with Gasteiger partial charge in [0.05, 0.1) is 18.8 Å². The number of esters is 1. The van der Waals surface area contributed by atoms with Crippen molar-refractivity contribution in [2.24, 2.45) is 0 Å². The first-order chi connectivity index (χ1) is 15.6. The summed E-state index contributed by atoms with van der Waals surface area (Å²) in [5.41, 5.74) is 2.48. The van der Waals surface area contributed by atoms with E-state index in [1.807, 2.05) is 66.7 Å². The Morgan fingerprint density at radius 3 is 2.44 bits per heavy atom. The van der Waals surface area contributed by atoms with Crippen LogP contribution in [0.3, 0.4) is 0 Å². The van der Waals surface area contributed by atoms with Crippen LogP contribution in [0.5, 0.6) is 5.75 Å². The summed E-state index contributed by atoms with van der Waals surface area (Å²) in [6.07, 6.45) is 5.61. The number of nitrogens with zero attached hydrogens (tertiary/aromatic N) is 2. The van der Waals surface area contributed by atoms with Crippen LogP contribution in [0.1, 0.15) is 27.2 Å². The standard InChI is InChI=1S/C26H22N2O4/c1-32-26(31)23-24(29)21-16-20(13-12-18-8-4-2-5-9-18)25(30)28(22(21)17-27-23)15-14-19-10-6-3-7-11-19/h2-13,16-17,29H,14-15H2,1H3. The molecule has 0 radical (unpaired) electrons. The molecule has 4 aromatic rings. The van der Waals surface area contributed by atoms with Crippen molar-refractivity contribution in [3.8, 4) is 5.75 Å². The summed E-state index contributed by atoms with van der Waals surface area (Å²) in [7, 11) is 1.22. The predicted molar refractivity (Wildman–Crippen MR) is 125 cm³/mol. The SMILES string of the molecule is COC(=O)c1ncc2c(cc(C=Cc3ccccc3)c(=O)n2CCc2ccccc2)c1O. The minimum atomic E-state index is -0.743. The fraction of sp³-hybridized carbons (Fsp3) is 0.115. The summed E-state index contributed by atoms with van der Waals surface area (Å²) in [5.74, 6) is -1.05. The van der Waals surface area contributed by atoms with E-state index in [-0.39, 0.29) is 17.0 Å². The molecule has 0 unspecified atom stereocenters. The van der Waals surface area contributed by atoms with Gasteiger partial charge in [-0.1, -0.05) is 66.7 Å². The highest BCUT2D eigenvalue weighted by molar-refractivity contribution is 5.98. The molecular formula is C26H22N2O4. The zero-order chi connectivity index (χ0) is 22.5. The average molecular weight is 426 g/mol. The molecule has 0 fully saturated rings. The molecule has 0 amide bonds. The van der Waals surface area contributed by atoms with Crippen LogP contribution in [0.15, 0.2) is 77.7 Å². The van der Waals surface area contributed by atoms with E-state index in [1.165, 1.54) is 13.3 Å². The lowest BCUT2D eigenvalue weighted by molar-refractivity contribution is 0.0591. The number of carbonyl (C=O) groups excluding carboxylic acids is 1. The lowest BCUT2D eigenvalue weighted by Gasteiger charge is -2.14. The van der Waals surface area contributed by atoms with Crippen molar-refractivity contribution in [1.82, 2.24) is 9.55 Å². The smallest absolute Gasteiger partial charge is 0.360 e. The van der Waals surface area contributed by atoms with Crippen LogP contribution in [0.2, 0.25) is 0 Å². The van der Waals surface area contributed by atoms with Crippen molar-refractivity contribution >= 4 is 29.0 Å². The molecule has 4 rings (SSSR count). The molecule has 2 heterocycles. The first-order valence-corrected chi connectivity index (χ1v) is 10.2. The van der Waals surface area contributed by atoms with E-state index in [0.717, 1.165) is 11.1 Å². The van der Waals surface area contributed by atoms with Crippen molar-refractivity contribution in [2.75, 3.05) is 7.11 Å². The Balaban J connectivity index is 1.85. The third kappa shape index (κ3) is 4.30. The molecule has 0 spiro atoms. The summed E-state index contributed by atoms with van der Waals surface area (Å²) in [6.45, 7) is 0.394. The molecule has 0 atom stereocenters. The Labute approximate surface area is 185 Å². The molecule has 6 heteroatoms. The number of ether oxygens (including phenoxy) is 1. The molecule has 0 aliphatic heterocycles. The summed E-state index contributed by atoms with van der Waals surface area (Å²) in [4.78, 5) is 29.4. The number of hydrogen-bond donors (Lipinski definition) is 1. The van der Waals surface area contributed by atoms with Crippen molar-refractivity contribution in [3.63, 3.8) is 0 Å². The van der Waals surface area contributed by atoms with Gasteiger partial charge in [-0.05, 0) is 29.7 Å². The van der Waals surface area contributed by atoms with E-state index in [4.69, 9.17) is 4.74 Å². The lowest BCUT2D eigenvalue weighted by Crippen LogP contribution is -2.24. The largest absolute Gasteiger partial charge is 0.505 e. The first-order valence-electron chi connectivity index (χ1n) is 10.2. The molecule has 0 saturated heterocycles. The number of hydrogen-bond acceptors (Lipinski definition) is 5. The molecule has 160 valence electrons. The van der Waals surface area contributed by atoms with Crippen LogP contribution in [-0.4, -0.2) is 27.7 Å². The zero-order valence-corrected chi connectivity index (χ0v) is 17.6. The number of benzene rings is 2. The Morgan fingerprint density at radius 2 is 1.75 bits per heavy atom. The van der Waals surface area contributed by atoms with Gasteiger partial charge in [0, 0.05) is 17.5 Å². The normalized spacial score (nSPS) is 11.2. The number of aromatic hydroxyl groups is 1. The highest BCUT2D eigenvalue weighted by Gasteiger charge is 2.19. The highest BCUT2D eigenvalue weighted by Crippen LogP contribution is 2.28. The van der Waals surface area contributed by atoms with Crippen molar-refractivity contribution in [1.29, 1.82) is 0 Å². The number of rotatable bonds is 6. The number of pyridine rings is 2. The van der Waals surface area contributed by atoms with E-state index in [1.54, 1.807) is 16.7 Å². The molecule has 6 nitrogen and oxygen atoms in total. The number of aryl methyl sites for hydroxylation is 2. The molecule has 0 bridgehead atoms. The first kappa shape index (κ1) is 21.1. The predicted octanol–water partition coefficient (Wildman–Crippen LogP) is 4.30. The molecule has 1 N–H and O–H groups in total. The van der Waals surface area contributed by atoms with E-state index >= 15 is 0 Å². The van der Waals surface area contributed by atoms with E-state index in [9.17, 15) is 14.7 Å². The van der Waals surface area contributed by atoms with Crippen LogP contribution in [0, 0.1) is 0 Å². The van der Waals surface area contributed by atoms with Gasteiger partial charge in [-0.15, -0.1) is 0 Å². The second-order valence-electron chi connectivity index (χ2n) is 7.28. The molecule has 0 aliphatic rings. The minimum Gasteiger partial charge on any atom is -0.505 e. The number of methoxy groups -OCH3 is 1. The van der Waals surface area contributed by atoms with Gasteiger partial charge in [-0.2, -0.15) is 0 Å². The maximum Gasteiger partial charge on any atom is 0.360 e. The van der Waals surface area contributed by atoms with E-state index in [0.29, 0.717) is 29.4 Å². The van der Waals surface area contributed by atoms with Gasteiger partial charge in [0.15, 0.2) is 11.4 Å². The monoisotopic (exact) mass is 426 g/mol. The molecule has 2 aromatic heterocycles. The second kappa shape index (κ2) is 9.31. The zero-order valence-electron chi connectivity index (χ0n) is 17.6. The summed E-state index contributed by atoms with van der Waals surface area (Å²) < 4.78 is 6.30. The van der Waals surface area contributed by atoms with Gasteiger partial charge in [0.2, 0.25) is 0 Å². The average Bonchev–Trinajstić information content (AvgIpc) is 2.83. The molecule has 2 aromatic carbocycles. The number of carbonyl (C=O) groups is 1. The van der Waals surface area contributed by atoms with Gasteiger partial charge in [-0.25, -0.2) is 9.78 Å². The molecular weight excluding hydrogens is 404 g/mol. The van der Waals surface area contributed by atoms with Gasteiger partial charge >= 0.3 is 5.97 Å².